The van der Waals surface area contributed by atoms with Crippen molar-refractivity contribution in [2.24, 2.45) is 0 Å². The standard InChI is InChI=1S/C17H17F2N/c1-11(12-5-7-13(18)8-6-12)20-17-10-9-14-15(17)3-2-4-16(14)19/h2-8,11,17,20H,9-10H2,1H3. The van der Waals surface area contributed by atoms with Crippen molar-refractivity contribution in [1.29, 1.82) is 0 Å². The monoisotopic (exact) mass is 273 g/mol. The van der Waals surface area contributed by atoms with Crippen molar-refractivity contribution in [3.05, 3.63) is 70.8 Å². The lowest BCUT2D eigenvalue weighted by atomic mass is 10.0. The van der Waals surface area contributed by atoms with E-state index in [0.717, 1.165) is 29.5 Å². The number of halogens is 2. The van der Waals surface area contributed by atoms with Gasteiger partial charge in [-0.25, -0.2) is 8.78 Å². The van der Waals surface area contributed by atoms with E-state index in [-0.39, 0.29) is 23.7 Å². The predicted molar refractivity (Wildman–Crippen MR) is 75.4 cm³/mol. The van der Waals surface area contributed by atoms with Crippen LogP contribution in [-0.4, -0.2) is 0 Å². The topological polar surface area (TPSA) is 12.0 Å². The van der Waals surface area contributed by atoms with Gasteiger partial charge in [0.15, 0.2) is 0 Å². The van der Waals surface area contributed by atoms with Gasteiger partial charge in [0.05, 0.1) is 0 Å². The van der Waals surface area contributed by atoms with E-state index in [1.54, 1.807) is 18.2 Å². The number of benzene rings is 2. The van der Waals surface area contributed by atoms with Crippen LogP contribution >= 0.6 is 0 Å². The Kier molecular flexibility index (Phi) is 3.53. The quantitative estimate of drug-likeness (QED) is 0.879. The van der Waals surface area contributed by atoms with Crippen LogP contribution in [-0.2, 0) is 6.42 Å². The third kappa shape index (κ3) is 2.46. The first kappa shape index (κ1) is 13.3. The molecule has 1 aliphatic rings. The highest BCUT2D eigenvalue weighted by Gasteiger charge is 2.25. The van der Waals surface area contributed by atoms with Gasteiger partial charge in [0.25, 0.3) is 0 Å². The van der Waals surface area contributed by atoms with E-state index in [4.69, 9.17) is 0 Å². The average molecular weight is 273 g/mol. The first-order chi connectivity index (χ1) is 9.65. The molecular formula is C17H17F2N. The molecule has 2 aromatic carbocycles. The Morgan fingerprint density at radius 3 is 2.60 bits per heavy atom. The molecule has 1 aliphatic carbocycles. The summed E-state index contributed by atoms with van der Waals surface area (Å²) < 4.78 is 26.6. The van der Waals surface area contributed by atoms with Crippen molar-refractivity contribution < 1.29 is 8.78 Å². The summed E-state index contributed by atoms with van der Waals surface area (Å²) in [4.78, 5) is 0. The van der Waals surface area contributed by atoms with Crippen molar-refractivity contribution in [3.63, 3.8) is 0 Å². The molecule has 0 aromatic heterocycles. The second-order valence-electron chi connectivity index (χ2n) is 5.34. The van der Waals surface area contributed by atoms with Crippen LogP contribution in [0.25, 0.3) is 0 Å². The van der Waals surface area contributed by atoms with E-state index in [9.17, 15) is 8.78 Å². The number of nitrogens with one attached hydrogen (secondary N) is 1. The van der Waals surface area contributed by atoms with Gasteiger partial charge in [-0.15, -0.1) is 0 Å². The molecule has 20 heavy (non-hydrogen) atoms. The summed E-state index contributed by atoms with van der Waals surface area (Å²) >= 11 is 0. The van der Waals surface area contributed by atoms with Crippen molar-refractivity contribution in [1.82, 2.24) is 5.32 Å². The molecule has 0 spiro atoms. The Morgan fingerprint density at radius 1 is 1.10 bits per heavy atom. The molecule has 2 unspecified atom stereocenters. The summed E-state index contributed by atoms with van der Waals surface area (Å²) in [6, 6.07) is 12.0. The minimum absolute atomic E-state index is 0.106. The molecule has 0 fully saturated rings. The number of rotatable bonds is 3. The molecule has 1 N–H and O–H groups in total. The van der Waals surface area contributed by atoms with E-state index in [2.05, 4.69) is 5.32 Å². The molecule has 0 amide bonds. The molecule has 0 saturated carbocycles. The van der Waals surface area contributed by atoms with Gasteiger partial charge in [-0.3, -0.25) is 0 Å². The largest absolute Gasteiger partial charge is 0.303 e. The fraction of sp³-hybridized carbons (Fsp3) is 0.294. The molecule has 104 valence electrons. The molecule has 2 aromatic rings. The SMILES string of the molecule is CC(NC1CCc2c(F)cccc21)c1ccc(F)cc1. The minimum Gasteiger partial charge on any atom is -0.303 e. The van der Waals surface area contributed by atoms with Gasteiger partial charge in [-0.1, -0.05) is 24.3 Å². The summed E-state index contributed by atoms with van der Waals surface area (Å²) in [5.41, 5.74) is 2.92. The molecule has 0 bridgehead atoms. The smallest absolute Gasteiger partial charge is 0.126 e. The van der Waals surface area contributed by atoms with Crippen molar-refractivity contribution in [2.75, 3.05) is 0 Å². The van der Waals surface area contributed by atoms with Crippen molar-refractivity contribution in [2.45, 2.75) is 31.8 Å². The first-order valence-electron chi connectivity index (χ1n) is 6.94. The Balaban J connectivity index is 1.77. The van der Waals surface area contributed by atoms with E-state index in [1.807, 2.05) is 13.0 Å². The van der Waals surface area contributed by atoms with Crippen molar-refractivity contribution >= 4 is 0 Å². The Morgan fingerprint density at radius 2 is 1.85 bits per heavy atom. The van der Waals surface area contributed by atoms with Crippen LogP contribution in [0.2, 0.25) is 0 Å². The molecule has 3 heteroatoms. The molecule has 0 heterocycles. The highest BCUT2D eigenvalue weighted by molar-refractivity contribution is 5.36. The van der Waals surface area contributed by atoms with Crippen LogP contribution in [0.5, 0.6) is 0 Å². The third-order valence-electron chi connectivity index (χ3n) is 4.03. The van der Waals surface area contributed by atoms with E-state index in [1.165, 1.54) is 18.2 Å². The maximum absolute atomic E-state index is 13.7. The Labute approximate surface area is 117 Å². The highest BCUT2D eigenvalue weighted by Crippen LogP contribution is 2.34. The van der Waals surface area contributed by atoms with Crippen LogP contribution in [0.15, 0.2) is 42.5 Å². The molecular weight excluding hydrogens is 256 g/mol. The van der Waals surface area contributed by atoms with Crippen LogP contribution in [0.4, 0.5) is 8.78 Å². The summed E-state index contributed by atoms with van der Waals surface area (Å²) in [6.45, 7) is 2.05. The molecule has 0 radical (unpaired) electrons. The summed E-state index contributed by atoms with van der Waals surface area (Å²) in [5.74, 6) is -0.338. The maximum Gasteiger partial charge on any atom is 0.126 e. The normalized spacial score (nSPS) is 18.9. The average Bonchev–Trinajstić information content (AvgIpc) is 2.84. The fourth-order valence-corrected chi connectivity index (χ4v) is 2.93. The highest BCUT2D eigenvalue weighted by atomic mass is 19.1. The minimum atomic E-state index is -0.228. The molecule has 1 nitrogen and oxygen atoms in total. The lowest BCUT2D eigenvalue weighted by Gasteiger charge is -2.21. The number of hydrogen-bond acceptors (Lipinski definition) is 1. The van der Waals surface area contributed by atoms with Crippen molar-refractivity contribution in [3.8, 4) is 0 Å². The zero-order chi connectivity index (χ0) is 14.1. The van der Waals surface area contributed by atoms with Gasteiger partial charge in [-0.2, -0.15) is 0 Å². The summed E-state index contributed by atoms with van der Waals surface area (Å²) in [7, 11) is 0. The van der Waals surface area contributed by atoms with Crippen LogP contribution < -0.4 is 5.32 Å². The lowest BCUT2D eigenvalue weighted by Crippen LogP contribution is -2.23. The molecule has 0 saturated heterocycles. The van der Waals surface area contributed by atoms with Gasteiger partial charge in [0, 0.05) is 12.1 Å². The zero-order valence-electron chi connectivity index (χ0n) is 11.4. The summed E-state index contributed by atoms with van der Waals surface area (Å²) in [5, 5.41) is 3.51. The van der Waals surface area contributed by atoms with Gasteiger partial charge in [0.2, 0.25) is 0 Å². The third-order valence-corrected chi connectivity index (χ3v) is 4.03. The fourth-order valence-electron chi connectivity index (χ4n) is 2.93. The van der Waals surface area contributed by atoms with Crippen LogP contribution in [0.3, 0.4) is 0 Å². The number of hydrogen-bond donors (Lipinski definition) is 1. The maximum atomic E-state index is 13.7. The van der Waals surface area contributed by atoms with E-state index in [0.29, 0.717) is 0 Å². The van der Waals surface area contributed by atoms with E-state index < -0.39 is 0 Å². The van der Waals surface area contributed by atoms with E-state index >= 15 is 0 Å². The zero-order valence-corrected chi connectivity index (χ0v) is 11.4. The lowest BCUT2D eigenvalue weighted by molar-refractivity contribution is 0.464. The Bertz CT molecular complexity index is 607. The van der Waals surface area contributed by atoms with Crippen LogP contribution in [0, 0.1) is 11.6 Å². The van der Waals surface area contributed by atoms with Gasteiger partial charge < -0.3 is 5.32 Å². The Hall–Kier alpha value is -1.74. The first-order valence-corrected chi connectivity index (χ1v) is 6.94. The molecule has 3 rings (SSSR count). The van der Waals surface area contributed by atoms with Crippen LogP contribution in [0.1, 0.15) is 42.1 Å². The van der Waals surface area contributed by atoms with Gasteiger partial charge >= 0.3 is 0 Å². The number of fused-ring (bicyclic) bond motifs is 1. The van der Waals surface area contributed by atoms with Gasteiger partial charge in [-0.05, 0) is 54.7 Å². The second-order valence-corrected chi connectivity index (χ2v) is 5.34. The predicted octanol–water partition coefficient (Wildman–Crippen LogP) is 4.30. The summed E-state index contributed by atoms with van der Waals surface area (Å²) in [6.07, 6.45) is 1.68. The van der Waals surface area contributed by atoms with Gasteiger partial charge in [0.1, 0.15) is 11.6 Å². The second kappa shape index (κ2) is 5.33. The molecule has 0 aliphatic heterocycles. The molecule has 2 atom stereocenters.